The van der Waals surface area contributed by atoms with Gasteiger partial charge in [0, 0.05) is 6.54 Å². The van der Waals surface area contributed by atoms with Gasteiger partial charge in [-0.1, -0.05) is 0 Å². The molecule has 0 saturated carbocycles. The SMILES string of the molecule is CCNC(=O)[O-].[Cs+]. The molecule has 36 valence electrons. The normalized spacial score (nSPS) is 6.43. The summed E-state index contributed by atoms with van der Waals surface area (Å²) >= 11 is 0. The number of hydrogen-bond donors (Lipinski definition) is 1. The second-order valence-electron chi connectivity index (χ2n) is 0.818. The minimum absolute atomic E-state index is 0. The van der Waals surface area contributed by atoms with E-state index in [0.29, 0.717) is 6.54 Å². The molecule has 0 spiro atoms. The molecule has 0 bridgehead atoms. The van der Waals surface area contributed by atoms with Crippen LogP contribution in [0.2, 0.25) is 0 Å². The van der Waals surface area contributed by atoms with Gasteiger partial charge in [0.1, 0.15) is 6.09 Å². The van der Waals surface area contributed by atoms with E-state index in [0.717, 1.165) is 0 Å². The molecule has 0 radical (unpaired) electrons. The van der Waals surface area contributed by atoms with Crippen LogP contribution in [0.4, 0.5) is 4.79 Å². The molecule has 0 aromatic heterocycles. The van der Waals surface area contributed by atoms with Crippen LogP contribution in [0.15, 0.2) is 0 Å². The minimum atomic E-state index is -1.21. The maximum atomic E-state index is 9.38. The van der Waals surface area contributed by atoms with E-state index >= 15 is 0 Å². The van der Waals surface area contributed by atoms with Gasteiger partial charge < -0.3 is 15.2 Å². The van der Waals surface area contributed by atoms with Crippen LogP contribution in [0.25, 0.3) is 0 Å². The van der Waals surface area contributed by atoms with Gasteiger partial charge in [0.05, 0.1) is 0 Å². The molecule has 7 heavy (non-hydrogen) atoms. The number of carbonyl (C=O) groups is 1. The zero-order valence-electron chi connectivity index (χ0n) is 4.52. The van der Waals surface area contributed by atoms with Crippen molar-refractivity contribution in [3.05, 3.63) is 0 Å². The predicted octanol–water partition coefficient (Wildman–Crippen LogP) is -4.06. The molecule has 0 fully saturated rings. The van der Waals surface area contributed by atoms with E-state index in [1.54, 1.807) is 6.92 Å². The fraction of sp³-hybridized carbons (Fsp3) is 0.667. The van der Waals surface area contributed by atoms with Crippen molar-refractivity contribution >= 4 is 6.09 Å². The van der Waals surface area contributed by atoms with Gasteiger partial charge in [-0.15, -0.1) is 0 Å². The molecule has 0 aromatic rings. The first-order valence-electron chi connectivity index (χ1n) is 1.72. The third kappa shape index (κ3) is 11.1. The summed E-state index contributed by atoms with van der Waals surface area (Å²) in [5, 5.41) is 11.4. The molecule has 0 rings (SSSR count). The topological polar surface area (TPSA) is 52.2 Å². The van der Waals surface area contributed by atoms with E-state index in [1.807, 2.05) is 5.32 Å². The molecule has 1 N–H and O–H groups in total. The van der Waals surface area contributed by atoms with Gasteiger partial charge in [-0.3, -0.25) is 0 Å². The number of rotatable bonds is 1. The summed E-state index contributed by atoms with van der Waals surface area (Å²) in [6.07, 6.45) is -1.21. The Morgan fingerprint density at radius 1 is 1.86 bits per heavy atom. The Balaban J connectivity index is 0. The van der Waals surface area contributed by atoms with Gasteiger partial charge in [-0.2, -0.15) is 0 Å². The maximum Gasteiger partial charge on any atom is 1.00 e. The number of carbonyl (C=O) groups excluding carboxylic acids is 1. The number of hydrogen-bond acceptors (Lipinski definition) is 2. The van der Waals surface area contributed by atoms with Crippen molar-refractivity contribution in [2.45, 2.75) is 6.92 Å². The molecule has 4 heteroatoms. The minimum Gasteiger partial charge on any atom is -0.530 e. The van der Waals surface area contributed by atoms with Crippen molar-refractivity contribution in [3.8, 4) is 0 Å². The second-order valence-corrected chi connectivity index (χ2v) is 0.818. The summed E-state index contributed by atoms with van der Waals surface area (Å²) in [5.74, 6) is 0. The van der Waals surface area contributed by atoms with Crippen molar-refractivity contribution in [2.75, 3.05) is 6.54 Å². The Hall–Kier alpha value is 1.32. The largest absolute Gasteiger partial charge is 1.00 e. The van der Waals surface area contributed by atoms with Crippen molar-refractivity contribution in [2.24, 2.45) is 0 Å². The van der Waals surface area contributed by atoms with Crippen LogP contribution < -0.4 is 79.3 Å². The number of carboxylic acid groups (broad SMARTS) is 1. The molecular formula is C3H6CsNO2. The average Bonchev–Trinajstić information content (AvgIpc) is 1.35. The van der Waals surface area contributed by atoms with Gasteiger partial charge in [0.25, 0.3) is 0 Å². The van der Waals surface area contributed by atoms with E-state index in [2.05, 4.69) is 0 Å². The Labute approximate surface area is 101 Å². The summed E-state index contributed by atoms with van der Waals surface area (Å²) < 4.78 is 0. The third-order valence-corrected chi connectivity index (χ3v) is 0.321. The third-order valence-electron chi connectivity index (χ3n) is 0.321. The second kappa shape index (κ2) is 7.32. The standard InChI is InChI=1S/C3H7NO2.Cs/c1-2-4-3(5)6;/h4H,2H2,1H3,(H,5,6);/q;+1/p-1. The molecular weight excluding hydrogens is 215 g/mol. The van der Waals surface area contributed by atoms with Crippen molar-refractivity contribution in [3.63, 3.8) is 0 Å². The van der Waals surface area contributed by atoms with Crippen LogP contribution in [0, 0.1) is 0 Å². The van der Waals surface area contributed by atoms with E-state index in [1.165, 1.54) is 0 Å². The quantitative estimate of drug-likeness (QED) is 0.490. The molecule has 1 amide bonds. The molecule has 0 aliphatic carbocycles. The first-order valence-corrected chi connectivity index (χ1v) is 1.72. The summed E-state index contributed by atoms with van der Waals surface area (Å²) in [5.41, 5.74) is 0. The molecule has 0 heterocycles. The average molecular weight is 221 g/mol. The predicted molar refractivity (Wildman–Crippen MR) is 19.1 cm³/mol. The van der Waals surface area contributed by atoms with E-state index < -0.39 is 6.09 Å². The first-order chi connectivity index (χ1) is 2.77. The molecule has 0 unspecified atom stereocenters. The Morgan fingerprint density at radius 2 is 2.29 bits per heavy atom. The number of nitrogens with one attached hydrogen (secondary N) is 1. The van der Waals surface area contributed by atoms with Gasteiger partial charge in [-0.05, 0) is 6.92 Å². The molecule has 0 atom stereocenters. The molecule has 0 aliphatic heterocycles. The van der Waals surface area contributed by atoms with Crippen molar-refractivity contribution in [1.82, 2.24) is 5.32 Å². The summed E-state index contributed by atoms with van der Waals surface area (Å²) in [7, 11) is 0. The van der Waals surface area contributed by atoms with Crippen molar-refractivity contribution in [1.29, 1.82) is 0 Å². The zero-order chi connectivity index (χ0) is 4.99. The molecule has 0 aromatic carbocycles. The Kier molecular flexibility index (Phi) is 11.7. The van der Waals surface area contributed by atoms with Crippen LogP contribution in [-0.4, -0.2) is 12.6 Å². The van der Waals surface area contributed by atoms with E-state index in [9.17, 15) is 9.90 Å². The van der Waals surface area contributed by atoms with Crippen LogP contribution in [-0.2, 0) is 0 Å². The Morgan fingerprint density at radius 3 is 2.29 bits per heavy atom. The van der Waals surface area contributed by atoms with Crippen LogP contribution in [0.5, 0.6) is 0 Å². The number of amides is 1. The molecule has 0 aliphatic rings. The fourth-order valence-electron chi connectivity index (χ4n) is 0.144. The molecule has 0 saturated heterocycles. The maximum absolute atomic E-state index is 9.38. The monoisotopic (exact) mass is 221 g/mol. The van der Waals surface area contributed by atoms with E-state index in [-0.39, 0.29) is 68.9 Å². The summed E-state index contributed by atoms with van der Waals surface area (Å²) in [6.45, 7) is 2.11. The van der Waals surface area contributed by atoms with Gasteiger partial charge in [0.2, 0.25) is 0 Å². The van der Waals surface area contributed by atoms with Gasteiger partial charge >= 0.3 is 68.9 Å². The van der Waals surface area contributed by atoms with Gasteiger partial charge in [-0.25, -0.2) is 0 Å². The van der Waals surface area contributed by atoms with Gasteiger partial charge in [0.15, 0.2) is 0 Å². The smallest absolute Gasteiger partial charge is 0.530 e. The van der Waals surface area contributed by atoms with Crippen LogP contribution >= 0.6 is 0 Å². The van der Waals surface area contributed by atoms with Crippen LogP contribution in [0.3, 0.4) is 0 Å². The van der Waals surface area contributed by atoms with E-state index in [4.69, 9.17) is 0 Å². The van der Waals surface area contributed by atoms with Crippen molar-refractivity contribution < 1.29 is 78.8 Å². The summed E-state index contributed by atoms with van der Waals surface area (Å²) in [6, 6.07) is 0. The summed E-state index contributed by atoms with van der Waals surface area (Å²) in [4.78, 5) is 9.38. The molecule has 3 nitrogen and oxygen atoms in total. The fourth-order valence-corrected chi connectivity index (χ4v) is 0.144. The first kappa shape index (κ1) is 11.2. The zero-order valence-corrected chi connectivity index (χ0v) is 10.8. The van der Waals surface area contributed by atoms with Crippen LogP contribution in [0.1, 0.15) is 6.92 Å². The Bertz CT molecular complexity index is 56.9.